The van der Waals surface area contributed by atoms with Crippen LogP contribution < -0.4 is 9.80 Å². The Morgan fingerprint density at radius 2 is 0.960 bits per heavy atom. The molecule has 482 valence electrons. The first-order valence-electron chi connectivity index (χ1n) is 36.0. The van der Waals surface area contributed by atoms with Crippen molar-refractivity contribution in [3.05, 3.63) is 394 Å². The van der Waals surface area contributed by atoms with Gasteiger partial charge in [0.1, 0.15) is 0 Å². The summed E-state index contributed by atoms with van der Waals surface area (Å²) in [6, 6.07) is 106. The highest BCUT2D eigenvalue weighted by Gasteiger charge is 2.52. The van der Waals surface area contributed by atoms with Crippen LogP contribution in [-0.2, 0) is 17.3 Å². The Morgan fingerprint density at radius 1 is 0.440 bits per heavy atom. The highest BCUT2D eigenvalue weighted by atomic mass is 15.1. The van der Waals surface area contributed by atoms with Gasteiger partial charge in [-0.2, -0.15) is 0 Å². The molecule has 0 aromatic heterocycles. The first-order chi connectivity index (χ1) is 49.1. The smallest absolute Gasteiger partial charge is 0.0540 e. The van der Waals surface area contributed by atoms with Crippen LogP contribution in [0.5, 0.6) is 0 Å². The summed E-state index contributed by atoms with van der Waals surface area (Å²) in [7, 11) is 0. The van der Waals surface area contributed by atoms with Gasteiger partial charge in [-0.25, -0.2) is 0 Å². The SMILES string of the molecule is C=Cc1ccc(CC2(c3ccc(C)cc3C)c3ccccc3-c3ccc(N(c4ccc(-c5ccc(-c6ccc(N(c7ccc8c(c7)C7(c9ccc(C)cc9C)CC9=C[C@@H](C%10=CCCC7=C%108)C(C=C)CC9)c7cccc8ccccc78)cc6)cc5)cc4)c4cccc5ccccc45)cc32)cc1. The fourth-order valence-electron chi connectivity index (χ4n) is 18.8. The zero-order valence-corrected chi connectivity index (χ0v) is 57.6. The van der Waals surface area contributed by atoms with Crippen molar-refractivity contribution >= 4 is 67.3 Å². The maximum Gasteiger partial charge on any atom is 0.0540 e. The van der Waals surface area contributed by atoms with E-state index in [2.05, 4.69) is 348 Å². The van der Waals surface area contributed by atoms with Gasteiger partial charge in [0, 0.05) is 44.9 Å². The van der Waals surface area contributed by atoms with Crippen LogP contribution in [0.25, 0.3) is 66.6 Å². The molecule has 13 aromatic carbocycles. The molecule has 0 saturated carbocycles. The monoisotopic (exact) mass is 1280 g/mol. The molecule has 4 atom stereocenters. The predicted molar refractivity (Wildman–Crippen MR) is 423 cm³/mol. The van der Waals surface area contributed by atoms with Gasteiger partial charge in [0.15, 0.2) is 0 Å². The summed E-state index contributed by atoms with van der Waals surface area (Å²) in [5.74, 6) is 0.803. The second-order valence-corrected chi connectivity index (χ2v) is 28.9. The van der Waals surface area contributed by atoms with Crippen LogP contribution in [0.2, 0.25) is 0 Å². The molecule has 3 unspecified atom stereocenters. The van der Waals surface area contributed by atoms with Crippen molar-refractivity contribution < 1.29 is 0 Å². The van der Waals surface area contributed by atoms with Crippen molar-refractivity contribution in [2.45, 2.75) is 77.0 Å². The van der Waals surface area contributed by atoms with E-state index in [4.69, 9.17) is 0 Å². The van der Waals surface area contributed by atoms with Crippen LogP contribution in [0.3, 0.4) is 0 Å². The normalized spacial score (nSPS) is 18.5. The zero-order chi connectivity index (χ0) is 67.4. The average molecular weight is 1290 g/mol. The van der Waals surface area contributed by atoms with E-state index in [1.54, 1.807) is 11.1 Å². The minimum absolute atomic E-state index is 0.274. The molecular weight excluding hydrogens is 1210 g/mol. The van der Waals surface area contributed by atoms with Gasteiger partial charge in [0.05, 0.1) is 16.8 Å². The molecule has 0 radical (unpaired) electrons. The molecule has 0 spiro atoms. The van der Waals surface area contributed by atoms with Crippen molar-refractivity contribution in [3.8, 4) is 33.4 Å². The van der Waals surface area contributed by atoms with Crippen molar-refractivity contribution in [1.29, 1.82) is 0 Å². The van der Waals surface area contributed by atoms with Crippen LogP contribution in [0.15, 0.2) is 327 Å². The molecule has 100 heavy (non-hydrogen) atoms. The molecule has 5 aliphatic carbocycles. The van der Waals surface area contributed by atoms with Crippen molar-refractivity contribution in [2.24, 2.45) is 11.8 Å². The van der Waals surface area contributed by atoms with E-state index in [9.17, 15) is 0 Å². The van der Waals surface area contributed by atoms with Crippen LogP contribution in [0.1, 0.15) is 98.9 Å². The second-order valence-electron chi connectivity index (χ2n) is 28.9. The van der Waals surface area contributed by atoms with E-state index in [1.165, 1.54) is 133 Å². The zero-order valence-electron chi connectivity index (χ0n) is 57.6. The number of hydrogen-bond donors (Lipinski definition) is 0. The van der Waals surface area contributed by atoms with Gasteiger partial charge in [-0.15, -0.1) is 6.58 Å². The number of hydrogen-bond acceptors (Lipinski definition) is 2. The Morgan fingerprint density at radius 3 is 1.55 bits per heavy atom. The first kappa shape index (κ1) is 61.0. The summed E-state index contributed by atoms with van der Waals surface area (Å²) in [6.45, 7) is 17.6. The fraction of sp³-hybridized carbons (Fsp3) is 0.143. The molecule has 0 amide bonds. The maximum absolute atomic E-state index is 4.40. The molecule has 18 rings (SSSR count). The number of nitrogens with zero attached hydrogens (tertiary/aromatic N) is 2. The fourth-order valence-corrected chi connectivity index (χ4v) is 18.8. The summed E-state index contributed by atoms with van der Waals surface area (Å²) in [4.78, 5) is 5.01. The van der Waals surface area contributed by atoms with E-state index in [-0.39, 0.29) is 5.41 Å². The summed E-state index contributed by atoms with van der Waals surface area (Å²) in [6.07, 6.45) is 15.7. The topological polar surface area (TPSA) is 6.48 Å². The lowest BCUT2D eigenvalue weighted by Gasteiger charge is -2.42. The maximum atomic E-state index is 4.40. The van der Waals surface area contributed by atoms with Gasteiger partial charge >= 0.3 is 0 Å². The van der Waals surface area contributed by atoms with Crippen LogP contribution in [0, 0.1) is 39.5 Å². The van der Waals surface area contributed by atoms with Crippen molar-refractivity contribution in [3.63, 3.8) is 0 Å². The number of benzene rings is 13. The van der Waals surface area contributed by atoms with Gasteiger partial charge in [-0.05, 0) is 249 Å². The quantitative estimate of drug-likeness (QED) is 0.100. The molecular formula is C98H80N2. The summed E-state index contributed by atoms with van der Waals surface area (Å²) >= 11 is 0. The standard InChI is InChI=1S/C98H80N2/c1-7-67-32-34-68(35-33-67)61-97(88-54-30-63(3)56-65(88)5)90-26-14-13-24-83(90)84-52-50-79(59-92(84)97)99(94-28-15-20-75-18-9-11-22-81(75)94)77-46-42-73(43-47-77)71-38-40-72(41-39-71)74-44-48-78(49-45-74)100(95-29-16-21-76-19-10-12-23-82(76)95)80-51-53-86-93(60-80)98(89-55-31-64(4)57-66(89)6)62-69-36-37-70(8-2)87(58-69)85-25-17-27-91(98)96(85)86/h7-16,18-26,28-35,38-60,70,87H,1-2,17,27,36-37,61-62H2,3-6H3/t70?,87-,97?,98?/m1/s1. The van der Waals surface area contributed by atoms with Crippen LogP contribution in [-0.4, -0.2) is 0 Å². The third-order valence-corrected chi connectivity index (χ3v) is 23.3. The lowest BCUT2D eigenvalue weighted by atomic mass is 9.61. The largest absolute Gasteiger partial charge is 0.310 e. The minimum Gasteiger partial charge on any atom is -0.310 e. The molecule has 13 aromatic rings. The van der Waals surface area contributed by atoms with Crippen LogP contribution in [0.4, 0.5) is 34.1 Å². The van der Waals surface area contributed by atoms with Gasteiger partial charge in [-0.1, -0.05) is 266 Å². The Balaban J connectivity index is 0.702. The molecule has 0 aliphatic heterocycles. The number of anilines is 6. The highest BCUT2D eigenvalue weighted by molar-refractivity contribution is 6.02. The van der Waals surface area contributed by atoms with E-state index in [0.717, 1.165) is 72.4 Å². The average Bonchev–Trinajstić information content (AvgIpc) is 1.53. The minimum atomic E-state index is -0.464. The molecule has 6 bridgehead atoms. The van der Waals surface area contributed by atoms with Gasteiger partial charge in [-0.3, -0.25) is 0 Å². The van der Waals surface area contributed by atoms with E-state index in [1.807, 2.05) is 6.08 Å². The molecule has 2 heteroatoms. The summed E-state index contributed by atoms with van der Waals surface area (Å²) in [5.41, 5.74) is 35.5. The van der Waals surface area contributed by atoms with Crippen molar-refractivity contribution in [2.75, 3.05) is 9.80 Å². The van der Waals surface area contributed by atoms with Crippen molar-refractivity contribution in [1.82, 2.24) is 0 Å². The van der Waals surface area contributed by atoms with E-state index < -0.39 is 5.41 Å². The Bertz CT molecular complexity index is 5570. The third-order valence-electron chi connectivity index (χ3n) is 23.3. The Labute approximate surface area is 589 Å². The lowest BCUT2D eigenvalue weighted by molar-refractivity contribution is 0.442. The molecule has 2 nitrogen and oxygen atoms in total. The Kier molecular flexibility index (Phi) is 14.8. The molecule has 0 heterocycles. The molecule has 0 saturated heterocycles. The van der Waals surface area contributed by atoms with Gasteiger partial charge in [0.2, 0.25) is 0 Å². The Hall–Kier alpha value is -11.3. The summed E-state index contributed by atoms with van der Waals surface area (Å²) < 4.78 is 0. The molecule has 0 fully saturated rings. The van der Waals surface area contributed by atoms with Gasteiger partial charge in [0.25, 0.3) is 0 Å². The highest BCUT2D eigenvalue weighted by Crippen LogP contribution is 2.64. The molecule has 0 N–H and O–H groups in total. The lowest BCUT2D eigenvalue weighted by Crippen LogP contribution is -2.33. The summed E-state index contributed by atoms with van der Waals surface area (Å²) in [5, 5.41) is 4.85. The van der Waals surface area contributed by atoms with Gasteiger partial charge < -0.3 is 9.80 Å². The third kappa shape index (κ3) is 9.81. The first-order valence-corrected chi connectivity index (χ1v) is 36.0. The second kappa shape index (κ2) is 24.3. The van der Waals surface area contributed by atoms with Crippen LogP contribution >= 0.6 is 0 Å². The number of fused-ring (bicyclic) bond motifs is 9. The molecule has 5 aliphatic rings. The number of allylic oxidation sites excluding steroid dienone is 7. The number of rotatable bonds is 14. The predicted octanol–water partition coefficient (Wildman–Crippen LogP) is 26.0. The van der Waals surface area contributed by atoms with E-state index >= 15 is 0 Å². The van der Waals surface area contributed by atoms with E-state index in [0.29, 0.717) is 11.8 Å². The number of aryl methyl sites for hydroxylation is 4.